The van der Waals surface area contributed by atoms with E-state index in [9.17, 15) is 4.79 Å². The Balaban J connectivity index is 1.80. The fourth-order valence-electron chi connectivity index (χ4n) is 1.71. The monoisotopic (exact) mass is 291 g/mol. The zero-order valence-corrected chi connectivity index (χ0v) is 12.3. The van der Waals surface area contributed by atoms with E-state index in [4.69, 9.17) is 0 Å². The Labute approximate surface area is 121 Å². The van der Waals surface area contributed by atoms with Crippen molar-refractivity contribution in [3.8, 4) is 0 Å². The second kappa shape index (κ2) is 7.06. The first-order valence-corrected chi connectivity index (χ1v) is 7.20. The molecule has 0 bridgehead atoms. The van der Waals surface area contributed by atoms with Gasteiger partial charge in [0.15, 0.2) is 5.13 Å². The molecule has 1 N–H and O–H groups in total. The van der Waals surface area contributed by atoms with Crippen molar-refractivity contribution in [2.24, 2.45) is 0 Å². The second-order valence-electron chi connectivity index (χ2n) is 4.43. The van der Waals surface area contributed by atoms with Gasteiger partial charge in [0.05, 0.1) is 5.69 Å². The Morgan fingerprint density at radius 2 is 2.30 bits per heavy atom. The summed E-state index contributed by atoms with van der Waals surface area (Å²) in [5.41, 5.74) is 0.947. The molecule has 0 saturated carbocycles. The number of hydrogen-bond donors (Lipinski definition) is 1. The lowest BCUT2D eigenvalue weighted by atomic mass is 10.2. The van der Waals surface area contributed by atoms with Crippen LogP contribution >= 0.6 is 11.3 Å². The summed E-state index contributed by atoms with van der Waals surface area (Å²) in [6.07, 6.45) is 5.35. The summed E-state index contributed by atoms with van der Waals surface area (Å²) >= 11 is 1.42. The SMILES string of the molecule is CC(c1ccncn1)N(C)CCC(=O)Nc1nccs1. The fourth-order valence-corrected chi connectivity index (χ4v) is 2.26. The summed E-state index contributed by atoms with van der Waals surface area (Å²) in [5.74, 6) is -0.0262. The van der Waals surface area contributed by atoms with Gasteiger partial charge in [0.1, 0.15) is 6.33 Å². The Hall–Kier alpha value is -1.86. The van der Waals surface area contributed by atoms with E-state index in [0.29, 0.717) is 18.1 Å². The largest absolute Gasteiger partial charge is 0.302 e. The standard InChI is InChI=1S/C13H17N5OS/c1-10(11-3-5-14-9-16-11)18(2)7-4-12(19)17-13-15-6-8-20-13/h3,5-6,8-10H,4,7H2,1-2H3,(H,15,17,19). The summed E-state index contributed by atoms with van der Waals surface area (Å²) in [7, 11) is 1.98. The third-order valence-corrected chi connectivity index (χ3v) is 3.75. The molecule has 0 spiro atoms. The van der Waals surface area contributed by atoms with Crippen molar-refractivity contribution in [1.82, 2.24) is 19.9 Å². The zero-order valence-electron chi connectivity index (χ0n) is 11.5. The van der Waals surface area contributed by atoms with Gasteiger partial charge in [-0.1, -0.05) is 0 Å². The van der Waals surface area contributed by atoms with Gasteiger partial charge in [-0.05, 0) is 20.0 Å². The van der Waals surface area contributed by atoms with E-state index in [1.807, 2.05) is 18.5 Å². The van der Waals surface area contributed by atoms with Gasteiger partial charge >= 0.3 is 0 Å². The van der Waals surface area contributed by atoms with Crippen LogP contribution in [0.1, 0.15) is 25.1 Å². The summed E-state index contributed by atoms with van der Waals surface area (Å²) < 4.78 is 0. The lowest BCUT2D eigenvalue weighted by Gasteiger charge is -2.23. The number of thiazole rings is 1. The van der Waals surface area contributed by atoms with E-state index in [1.54, 1.807) is 12.4 Å². The third kappa shape index (κ3) is 4.07. The molecule has 106 valence electrons. The van der Waals surface area contributed by atoms with Gasteiger partial charge in [0.2, 0.25) is 5.91 Å². The molecule has 20 heavy (non-hydrogen) atoms. The molecule has 1 amide bonds. The maximum absolute atomic E-state index is 11.8. The summed E-state index contributed by atoms with van der Waals surface area (Å²) in [6.45, 7) is 2.71. The van der Waals surface area contributed by atoms with Crippen LogP contribution in [-0.4, -0.2) is 39.4 Å². The smallest absolute Gasteiger partial charge is 0.227 e. The van der Waals surface area contributed by atoms with Gasteiger partial charge in [-0.3, -0.25) is 9.69 Å². The van der Waals surface area contributed by atoms with E-state index in [1.165, 1.54) is 17.7 Å². The topological polar surface area (TPSA) is 71.0 Å². The highest BCUT2D eigenvalue weighted by Crippen LogP contribution is 2.16. The van der Waals surface area contributed by atoms with Crippen molar-refractivity contribution in [3.63, 3.8) is 0 Å². The van der Waals surface area contributed by atoms with Gasteiger partial charge < -0.3 is 5.32 Å². The maximum atomic E-state index is 11.8. The van der Waals surface area contributed by atoms with Crippen LogP contribution in [0, 0.1) is 0 Å². The van der Waals surface area contributed by atoms with Crippen LogP contribution < -0.4 is 5.32 Å². The van der Waals surface area contributed by atoms with Crippen LogP contribution in [0.3, 0.4) is 0 Å². The zero-order chi connectivity index (χ0) is 14.4. The maximum Gasteiger partial charge on any atom is 0.227 e. The Morgan fingerprint density at radius 1 is 1.45 bits per heavy atom. The normalized spacial score (nSPS) is 12.3. The van der Waals surface area contributed by atoms with Gasteiger partial charge in [0.25, 0.3) is 0 Å². The van der Waals surface area contributed by atoms with Crippen molar-refractivity contribution in [1.29, 1.82) is 0 Å². The van der Waals surface area contributed by atoms with Crippen LogP contribution in [0.25, 0.3) is 0 Å². The minimum Gasteiger partial charge on any atom is -0.302 e. The molecule has 7 heteroatoms. The number of nitrogens with one attached hydrogen (secondary N) is 1. The van der Waals surface area contributed by atoms with Crippen molar-refractivity contribution in [2.75, 3.05) is 18.9 Å². The minimum absolute atomic E-state index is 0.0262. The lowest BCUT2D eigenvalue weighted by molar-refractivity contribution is -0.116. The molecule has 0 aromatic carbocycles. The molecule has 1 unspecified atom stereocenters. The molecule has 2 aromatic rings. The molecule has 0 aliphatic rings. The fraction of sp³-hybridized carbons (Fsp3) is 0.385. The van der Waals surface area contributed by atoms with Crippen LogP contribution in [0.5, 0.6) is 0 Å². The molecule has 1 atom stereocenters. The van der Waals surface area contributed by atoms with Gasteiger partial charge in [0, 0.05) is 36.8 Å². The van der Waals surface area contributed by atoms with Crippen LogP contribution in [-0.2, 0) is 4.79 Å². The van der Waals surface area contributed by atoms with Crippen molar-refractivity contribution in [3.05, 3.63) is 35.9 Å². The first-order chi connectivity index (χ1) is 9.66. The molecule has 0 aliphatic carbocycles. The van der Waals surface area contributed by atoms with Gasteiger partial charge in [-0.15, -0.1) is 11.3 Å². The molecule has 6 nitrogen and oxygen atoms in total. The van der Waals surface area contributed by atoms with Crippen LogP contribution in [0.15, 0.2) is 30.2 Å². The first-order valence-electron chi connectivity index (χ1n) is 6.32. The van der Waals surface area contributed by atoms with E-state index in [2.05, 4.69) is 32.1 Å². The molecule has 0 fully saturated rings. The summed E-state index contributed by atoms with van der Waals surface area (Å²) in [4.78, 5) is 26.0. The number of aromatic nitrogens is 3. The molecular formula is C13H17N5OS. The molecule has 0 saturated heterocycles. The van der Waals surface area contributed by atoms with Crippen molar-refractivity contribution in [2.45, 2.75) is 19.4 Å². The summed E-state index contributed by atoms with van der Waals surface area (Å²) in [5, 5.41) is 5.24. The number of amides is 1. The minimum atomic E-state index is -0.0262. The lowest BCUT2D eigenvalue weighted by Crippen LogP contribution is -2.27. The average Bonchev–Trinajstić information content (AvgIpc) is 2.97. The number of carbonyl (C=O) groups is 1. The highest BCUT2D eigenvalue weighted by molar-refractivity contribution is 7.13. The van der Waals surface area contributed by atoms with E-state index >= 15 is 0 Å². The molecule has 2 heterocycles. The van der Waals surface area contributed by atoms with Crippen LogP contribution in [0.4, 0.5) is 5.13 Å². The highest BCUT2D eigenvalue weighted by atomic mass is 32.1. The Morgan fingerprint density at radius 3 is 2.95 bits per heavy atom. The van der Waals surface area contributed by atoms with Gasteiger partial charge in [-0.2, -0.15) is 0 Å². The number of carbonyl (C=O) groups excluding carboxylic acids is 1. The molecule has 0 radical (unpaired) electrons. The van der Waals surface area contributed by atoms with E-state index in [0.717, 1.165) is 5.69 Å². The Kier molecular flexibility index (Phi) is 5.14. The van der Waals surface area contributed by atoms with Crippen molar-refractivity contribution < 1.29 is 4.79 Å². The highest BCUT2D eigenvalue weighted by Gasteiger charge is 2.14. The molecule has 2 rings (SSSR count). The average molecular weight is 291 g/mol. The number of nitrogens with zero attached hydrogens (tertiary/aromatic N) is 4. The predicted molar refractivity (Wildman–Crippen MR) is 78.4 cm³/mol. The van der Waals surface area contributed by atoms with E-state index in [-0.39, 0.29) is 11.9 Å². The summed E-state index contributed by atoms with van der Waals surface area (Å²) in [6, 6.07) is 2.03. The predicted octanol–water partition coefficient (Wildman–Crippen LogP) is 1.95. The van der Waals surface area contributed by atoms with E-state index < -0.39 is 0 Å². The van der Waals surface area contributed by atoms with Gasteiger partial charge in [-0.25, -0.2) is 15.0 Å². The molecular weight excluding hydrogens is 274 g/mol. The molecule has 2 aromatic heterocycles. The number of anilines is 1. The quantitative estimate of drug-likeness (QED) is 0.881. The van der Waals surface area contributed by atoms with Crippen molar-refractivity contribution >= 4 is 22.4 Å². The number of rotatable bonds is 6. The third-order valence-electron chi connectivity index (χ3n) is 3.06. The second-order valence-corrected chi connectivity index (χ2v) is 5.32. The first kappa shape index (κ1) is 14.5. The Bertz CT molecular complexity index is 531. The molecule has 0 aliphatic heterocycles. The van der Waals surface area contributed by atoms with Crippen LogP contribution in [0.2, 0.25) is 0 Å². The number of hydrogen-bond acceptors (Lipinski definition) is 6.